The van der Waals surface area contributed by atoms with Crippen molar-refractivity contribution in [2.24, 2.45) is 0 Å². The van der Waals surface area contributed by atoms with Crippen molar-refractivity contribution in [1.29, 1.82) is 0 Å². The van der Waals surface area contributed by atoms with Crippen molar-refractivity contribution >= 4 is 94.2 Å². The predicted octanol–water partition coefficient (Wildman–Crippen LogP) is 12.7. The molecule has 0 aliphatic carbocycles. The highest BCUT2D eigenvalue weighted by atomic mass is 28.3. The topological polar surface area (TPSA) is 14.8 Å². The Kier molecular flexibility index (Phi) is 8.45. The van der Waals surface area contributed by atoms with Gasteiger partial charge >= 0.3 is 0 Å². The van der Waals surface area contributed by atoms with Gasteiger partial charge in [-0.1, -0.05) is 181 Å². The number of benzene rings is 10. The number of fused-ring (bicyclic) bond motifs is 9. The van der Waals surface area contributed by atoms with Crippen LogP contribution in [0.5, 0.6) is 0 Å². The second-order valence-corrected chi connectivity index (χ2v) is 21.2. The third kappa shape index (κ3) is 5.54. The van der Waals surface area contributed by atoms with Crippen LogP contribution in [0.3, 0.4) is 0 Å². The van der Waals surface area contributed by atoms with Gasteiger partial charge in [0, 0.05) is 38.0 Å². The van der Waals surface area contributed by atoms with E-state index in [-0.39, 0.29) is 0 Å². The fraction of sp³-hybridized carbons (Fsp3) is 0.0164. The van der Waals surface area contributed by atoms with Gasteiger partial charge in [0.1, 0.15) is 0 Å². The molecular weight excluding hydrogens is 803 g/mol. The van der Waals surface area contributed by atoms with Crippen LogP contribution >= 0.6 is 0 Å². The van der Waals surface area contributed by atoms with Crippen molar-refractivity contribution in [2.45, 2.75) is 6.92 Å². The van der Waals surface area contributed by atoms with E-state index in [1.807, 2.05) is 0 Å². The first-order valence-electron chi connectivity index (χ1n) is 22.5. The fourth-order valence-corrected chi connectivity index (χ4v) is 15.9. The fourth-order valence-electron chi connectivity index (χ4n) is 11.1. The van der Waals surface area contributed by atoms with E-state index in [9.17, 15) is 0 Å². The Morgan fingerprint density at radius 3 is 1.17 bits per heavy atom. The normalized spacial score (nSPS) is 12.1. The summed E-state index contributed by atoms with van der Waals surface area (Å²) in [5.41, 5.74) is 11.8. The maximum Gasteiger partial charge on any atom is 0.179 e. The van der Waals surface area contributed by atoms with E-state index in [4.69, 9.17) is 0 Å². The van der Waals surface area contributed by atoms with Crippen LogP contribution in [-0.4, -0.2) is 21.8 Å². The van der Waals surface area contributed by atoms with E-state index in [2.05, 4.69) is 263 Å². The molecule has 3 nitrogen and oxygen atoms in total. The summed E-state index contributed by atoms with van der Waals surface area (Å²) in [7, 11) is -2.92. The van der Waals surface area contributed by atoms with Gasteiger partial charge in [-0.05, 0) is 94.4 Å². The summed E-state index contributed by atoms with van der Waals surface area (Å²) in [5.74, 6) is 0. The first-order valence-corrected chi connectivity index (χ1v) is 24.5. The molecule has 0 N–H and O–H groups in total. The molecule has 0 bridgehead atoms. The Balaban J connectivity index is 1.16. The summed E-state index contributed by atoms with van der Waals surface area (Å²) in [4.78, 5) is 0. The minimum Gasteiger partial charge on any atom is -0.309 e. The van der Waals surface area contributed by atoms with Crippen LogP contribution in [0.2, 0.25) is 0 Å². The van der Waals surface area contributed by atoms with Gasteiger partial charge in [-0.25, -0.2) is 0 Å². The zero-order valence-electron chi connectivity index (χ0n) is 35.9. The van der Waals surface area contributed by atoms with Gasteiger partial charge in [-0.3, -0.25) is 0 Å². The third-order valence-corrected chi connectivity index (χ3v) is 18.6. The number of hydrogen-bond acceptors (Lipinski definition) is 0. The van der Waals surface area contributed by atoms with Crippen LogP contribution in [0, 0.1) is 6.92 Å². The molecule has 0 aliphatic heterocycles. The summed E-state index contributed by atoms with van der Waals surface area (Å²) >= 11 is 0. The molecule has 0 aliphatic rings. The highest BCUT2D eigenvalue weighted by molar-refractivity contribution is 7.19. The molecule has 3 aromatic heterocycles. The first kappa shape index (κ1) is 37.4. The lowest BCUT2D eigenvalue weighted by atomic mass is 10.1. The van der Waals surface area contributed by atoms with Gasteiger partial charge in [0.05, 0.1) is 44.5 Å². The van der Waals surface area contributed by atoms with Gasteiger partial charge in [0.25, 0.3) is 0 Å². The minimum absolute atomic E-state index is 1.13. The number of hydrogen-bond donors (Lipinski definition) is 0. The lowest BCUT2D eigenvalue weighted by Gasteiger charge is -2.35. The van der Waals surface area contributed by atoms with Gasteiger partial charge in [-0.2, -0.15) is 0 Å². The lowest BCUT2D eigenvalue weighted by Crippen LogP contribution is -2.74. The monoisotopic (exact) mass is 845 g/mol. The maximum absolute atomic E-state index is 2.92. The standard InChI is InChI=1S/C61H43N3Si/c1-42-33-36-58-52(39-42)50-27-13-15-29-54(50)62(58)43-34-37-59-53(40-43)51-28-14-18-32-57(51)64(59)61-41-47(35-38-60(61)63-55-30-16-11-25-48(55)49-26-12-17-31-56(49)63)65(44-19-5-2-6-20-44,45-21-7-3-8-22-45)46-23-9-4-10-24-46/h2-41H,1H3. The molecular formula is C61H43N3Si. The smallest absolute Gasteiger partial charge is 0.179 e. The minimum atomic E-state index is -2.92. The summed E-state index contributed by atoms with van der Waals surface area (Å²) < 4.78 is 7.49. The van der Waals surface area contributed by atoms with Crippen molar-refractivity contribution in [3.8, 4) is 17.1 Å². The molecule has 0 radical (unpaired) electrons. The first-order chi connectivity index (χ1) is 32.2. The van der Waals surface area contributed by atoms with Gasteiger partial charge in [0.2, 0.25) is 0 Å². The Morgan fingerprint density at radius 1 is 0.262 bits per heavy atom. The van der Waals surface area contributed by atoms with Crippen molar-refractivity contribution < 1.29 is 0 Å². The van der Waals surface area contributed by atoms with E-state index in [1.165, 1.54) is 86.2 Å². The number of aromatic nitrogens is 3. The van der Waals surface area contributed by atoms with Crippen molar-refractivity contribution in [2.75, 3.05) is 0 Å². The maximum atomic E-state index is 2.55. The van der Waals surface area contributed by atoms with Crippen LogP contribution in [0.1, 0.15) is 5.56 Å². The molecule has 65 heavy (non-hydrogen) atoms. The Bertz CT molecular complexity index is 3800. The number of aryl methyl sites for hydroxylation is 1. The molecule has 10 aromatic carbocycles. The average Bonchev–Trinajstić information content (AvgIpc) is 4.00. The second-order valence-electron chi connectivity index (χ2n) is 17.3. The zero-order valence-corrected chi connectivity index (χ0v) is 36.9. The van der Waals surface area contributed by atoms with E-state index in [1.54, 1.807) is 0 Å². The predicted molar refractivity (Wildman–Crippen MR) is 278 cm³/mol. The van der Waals surface area contributed by atoms with Crippen molar-refractivity contribution in [3.05, 3.63) is 248 Å². The Hall–Kier alpha value is -8.18. The molecule has 0 saturated carbocycles. The van der Waals surface area contributed by atoms with Crippen molar-refractivity contribution in [3.63, 3.8) is 0 Å². The van der Waals surface area contributed by atoms with Gasteiger partial charge in [-0.15, -0.1) is 0 Å². The third-order valence-electron chi connectivity index (χ3n) is 13.8. The van der Waals surface area contributed by atoms with Crippen LogP contribution in [0.15, 0.2) is 243 Å². The van der Waals surface area contributed by atoms with E-state index >= 15 is 0 Å². The van der Waals surface area contributed by atoms with E-state index < -0.39 is 8.07 Å². The molecule has 3 heterocycles. The molecule has 0 unspecified atom stereocenters. The molecule has 0 spiro atoms. The Labute approximate surface area is 378 Å². The highest BCUT2D eigenvalue weighted by Crippen LogP contribution is 2.40. The van der Waals surface area contributed by atoms with E-state index in [0.717, 1.165) is 22.6 Å². The second kappa shape index (κ2) is 14.7. The molecule has 13 rings (SSSR count). The Morgan fingerprint density at radius 2 is 0.646 bits per heavy atom. The molecule has 306 valence electrons. The average molecular weight is 846 g/mol. The lowest BCUT2D eigenvalue weighted by molar-refractivity contribution is 1.10. The van der Waals surface area contributed by atoms with Gasteiger partial charge in [0.15, 0.2) is 8.07 Å². The highest BCUT2D eigenvalue weighted by Gasteiger charge is 2.42. The van der Waals surface area contributed by atoms with Crippen LogP contribution in [-0.2, 0) is 0 Å². The van der Waals surface area contributed by atoms with Crippen LogP contribution < -0.4 is 20.7 Å². The summed E-state index contributed by atoms with van der Waals surface area (Å²) in [6.45, 7) is 2.18. The van der Waals surface area contributed by atoms with Crippen molar-refractivity contribution in [1.82, 2.24) is 13.7 Å². The number of nitrogens with zero attached hydrogens (tertiary/aromatic N) is 3. The molecule has 0 amide bonds. The zero-order chi connectivity index (χ0) is 43.1. The summed E-state index contributed by atoms with van der Waals surface area (Å²) in [6, 6.07) is 90.6. The quantitative estimate of drug-likeness (QED) is 0.112. The molecule has 4 heteroatoms. The van der Waals surface area contributed by atoms with Crippen LogP contribution in [0.4, 0.5) is 0 Å². The number of rotatable bonds is 7. The largest absolute Gasteiger partial charge is 0.309 e. The van der Waals surface area contributed by atoms with E-state index in [0.29, 0.717) is 0 Å². The molecule has 13 aromatic rings. The molecule has 0 saturated heterocycles. The molecule has 0 atom stereocenters. The summed E-state index contributed by atoms with van der Waals surface area (Å²) in [6.07, 6.45) is 0. The number of para-hydroxylation sites is 4. The molecule has 0 fully saturated rings. The SMILES string of the molecule is Cc1ccc2c(c1)c1ccccc1n2-c1ccc2c(c1)c1ccccc1n2-c1cc([Si](c2ccccc2)(c2ccccc2)c2ccccc2)ccc1-n1c2ccccc2c2ccccc21. The van der Waals surface area contributed by atoms with Crippen LogP contribution in [0.25, 0.3) is 82.5 Å². The van der Waals surface area contributed by atoms with Gasteiger partial charge < -0.3 is 13.7 Å². The summed E-state index contributed by atoms with van der Waals surface area (Å²) in [5, 5.41) is 12.8.